The van der Waals surface area contributed by atoms with E-state index in [9.17, 15) is 0 Å². The zero-order valence-corrected chi connectivity index (χ0v) is 6.34. The van der Waals surface area contributed by atoms with Crippen LogP contribution in [0.15, 0.2) is 0 Å². The molecule has 1 fully saturated rings. The van der Waals surface area contributed by atoms with E-state index in [0.29, 0.717) is 12.6 Å². The maximum absolute atomic E-state index is 8.76. The number of morpholine rings is 1. The van der Waals surface area contributed by atoms with E-state index < -0.39 is 0 Å². The summed E-state index contributed by atoms with van der Waals surface area (Å²) in [5, 5.41) is 12.0. The van der Waals surface area contributed by atoms with E-state index in [1.165, 1.54) is 0 Å². The van der Waals surface area contributed by atoms with Crippen LogP contribution < -0.4 is 5.32 Å². The van der Waals surface area contributed by atoms with Crippen LogP contribution in [-0.2, 0) is 4.74 Å². The maximum Gasteiger partial charge on any atom is 0.0642 e. The first-order chi connectivity index (χ1) is 4.86. The summed E-state index contributed by atoms with van der Waals surface area (Å²) in [5.41, 5.74) is 0. The second-order valence-corrected chi connectivity index (χ2v) is 2.69. The van der Waals surface area contributed by atoms with Gasteiger partial charge in [-0.15, -0.1) is 0 Å². The molecule has 0 bridgehead atoms. The van der Waals surface area contributed by atoms with Crippen molar-refractivity contribution in [2.45, 2.75) is 25.4 Å². The molecule has 3 nitrogen and oxygen atoms in total. The molecule has 2 unspecified atom stereocenters. The van der Waals surface area contributed by atoms with E-state index in [2.05, 4.69) is 12.2 Å². The Morgan fingerprint density at radius 2 is 2.20 bits per heavy atom. The van der Waals surface area contributed by atoms with Gasteiger partial charge in [-0.25, -0.2) is 0 Å². The predicted octanol–water partition coefficient (Wildman–Crippen LogP) is -0.254. The topological polar surface area (TPSA) is 41.5 Å². The van der Waals surface area contributed by atoms with Gasteiger partial charge in [-0.3, -0.25) is 0 Å². The molecule has 0 aromatic heterocycles. The Kier molecular flexibility index (Phi) is 3.12. The van der Waals surface area contributed by atoms with Gasteiger partial charge in [0.15, 0.2) is 0 Å². The lowest BCUT2D eigenvalue weighted by Gasteiger charge is -2.29. The van der Waals surface area contributed by atoms with Gasteiger partial charge in [0.2, 0.25) is 0 Å². The van der Waals surface area contributed by atoms with Crippen molar-refractivity contribution in [3.63, 3.8) is 0 Å². The van der Waals surface area contributed by atoms with Gasteiger partial charge in [-0.2, -0.15) is 0 Å². The van der Waals surface area contributed by atoms with Crippen molar-refractivity contribution in [3.05, 3.63) is 0 Å². The number of rotatable bonds is 2. The Morgan fingerprint density at radius 1 is 1.50 bits per heavy atom. The van der Waals surface area contributed by atoms with Crippen LogP contribution in [0.2, 0.25) is 0 Å². The van der Waals surface area contributed by atoms with Crippen LogP contribution in [0.1, 0.15) is 13.3 Å². The fraction of sp³-hybridized carbons (Fsp3) is 1.00. The van der Waals surface area contributed by atoms with E-state index in [1.807, 2.05) is 0 Å². The Bertz CT molecular complexity index is 87.6. The van der Waals surface area contributed by atoms with Crippen LogP contribution in [0, 0.1) is 0 Å². The number of nitrogens with one attached hydrogen (secondary N) is 1. The highest BCUT2D eigenvalue weighted by Crippen LogP contribution is 2.01. The lowest BCUT2D eigenvalue weighted by Crippen LogP contribution is -2.50. The molecule has 60 valence electrons. The summed E-state index contributed by atoms with van der Waals surface area (Å²) in [7, 11) is 0. The third-order valence-corrected chi connectivity index (χ3v) is 1.82. The lowest BCUT2D eigenvalue weighted by atomic mass is 10.2. The van der Waals surface area contributed by atoms with Crippen LogP contribution in [0.25, 0.3) is 0 Å². The zero-order valence-electron chi connectivity index (χ0n) is 6.34. The molecule has 2 N–H and O–H groups in total. The van der Waals surface area contributed by atoms with E-state index in [-0.39, 0.29) is 12.6 Å². The number of aliphatic hydroxyl groups excluding tert-OH is 1. The van der Waals surface area contributed by atoms with Crippen molar-refractivity contribution >= 4 is 0 Å². The molecule has 0 aromatic rings. The summed E-state index contributed by atoms with van der Waals surface area (Å²) in [5.74, 6) is 0. The minimum atomic E-state index is 0.152. The Labute approximate surface area is 61.4 Å². The van der Waals surface area contributed by atoms with Gasteiger partial charge < -0.3 is 15.2 Å². The zero-order chi connectivity index (χ0) is 7.40. The molecular weight excluding hydrogens is 130 g/mol. The van der Waals surface area contributed by atoms with E-state index in [0.717, 1.165) is 13.0 Å². The van der Waals surface area contributed by atoms with Crippen molar-refractivity contribution in [1.82, 2.24) is 5.32 Å². The van der Waals surface area contributed by atoms with Gasteiger partial charge in [-0.1, -0.05) is 6.92 Å². The normalized spacial score (nSPS) is 34.2. The molecule has 0 aromatic carbocycles. The van der Waals surface area contributed by atoms with Gasteiger partial charge in [0, 0.05) is 6.04 Å². The minimum absolute atomic E-state index is 0.152. The highest BCUT2D eigenvalue weighted by molar-refractivity contribution is 4.76. The highest BCUT2D eigenvalue weighted by atomic mass is 16.5. The average molecular weight is 145 g/mol. The predicted molar refractivity (Wildman–Crippen MR) is 38.9 cm³/mol. The minimum Gasteiger partial charge on any atom is -0.395 e. The molecule has 10 heavy (non-hydrogen) atoms. The first-order valence-electron chi connectivity index (χ1n) is 3.81. The summed E-state index contributed by atoms with van der Waals surface area (Å²) in [4.78, 5) is 0. The number of ether oxygens (including phenoxy) is 1. The van der Waals surface area contributed by atoms with Gasteiger partial charge in [0.1, 0.15) is 0 Å². The molecule has 1 saturated heterocycles. The van der Waals surface area contributed by atoms with Gasteiger partial charge >= 0.3 is 0 Å². The van der Waals surface area contributed by atoms with Gasteiger partial charge in [0.25, 0.3) is 0 Å². The summed E-state index contributed by atoms with van der Waals surface area (Å²) in [6, 6.07) is 0.588. The quantitative estimate of drug-likeness (QED) is 0.563. The Balaban J connectivity index is 2.25. The molecule has 1 aliphatic rings. The van der Waals surface area contributed by atoms with Crippen LogP contribution in [0.5, 0.6) is 0 Å². The molecule has 0 aliphatic carbocycles. The second-order valence-electron chi connectivity index (χ2n) is 2.69. The smallest absolute Gasteiger partial charge is 0.0642 e. The van der Waals surface area contributed by atoms with Crippen LogP contribution in [-0.4, -0.2) is 37.0 Å². The molecule has 1 rings (SSSR count). The van der Waals surface area contributed by atoms with E-state index >= 15 is 0 Å². The van der Waals surface area contributed by atoms with Crippen LogP contribution in [0.4, 0.5) is 0 Å². The fourth-order valence-electron chi connectivity index (χ4n) is 1.12. The summed E-state index contributed by atoms with van der Waals surface area (Å²) in [6.07, 6.45) is 1.07. The molecule has 2 atom stereocenters. The molecule has 1 aliphatic heterocycles. The Morgan fingerprint density at radius 3 is 2.80 bits per heavy atom. The third kappa shape index (κ3) is 1.94. The third-order valence-electron chi connectivity index (χ3n) is 1.82. The molecule has 3 heteroatoms. The standard InChI is InChI=1S/C7H15NO2/c1-2-6-4-10-5-7(3-9)8-6/h6-9H,2-5H2,1H3. The number of hydrogen-bond donors (Lipinski definition) is 2. The summed E-state index contributed by atoms with van der Waals surface area (Å²) < 4.78 is 5.25. The molecule has 0 saturated carbocycles. The molecule has 1 heterocycles. The second kappa shape index (κ2) is 3.91. The first kappa shape index (κ1) is 7.98. The fourth-order valence-corrected chi connectivity index (χ4v) is 1.12. The van der Waals surface area contributed by atoms with Crippen LogP contribution in [0.3, 0.4) is 0 Å². The Hall–Kier alpha value is -0.120. The van der Waals surface area contributed by atoms with Crippen molar-refractivity contribution in [2.24, 2.45) is 0 Å². The van der Waals surface area contributed by atoms with Crippen molar-refractivity contribution in [1.29, 1.82) is 0 Å². The van der Waals surface area contributed by atoms with Crippen molar-refractivity contribution in [2.75, 3.05) is 19.8 Å². The number of hydrogen-bond acceptors (Lipinski definition) is 3. The highest BCUT2D eigenvalue weighted by Gasteiger charge is 2.18. The molecular formula is C7H15NO2. The molecule has 0 spiro atoms. The average Bonchev–Trinajstić information content (AvgIpc) is 2.05. The largest absolute Gasteiger partial charge is 0.395 e. The molecule has 0 radical (unpaired) electrons. The van der Waals surface area contributed by atoms with E-state index in [1.54, 1.807) is 0 Å². The van der Waals surface area contributed by atoms with Crippen molar-refractivity contribution in [3.8, 4) is 0 Å². The van der Waals surface area contributed by atoms with Crippen LogP contribution >= 0.6 is 0 Å². The maximum atomic E-state index is 8.76. The monoisotopic (exact) mass is 145 g/mol. The van der Waals surface area contributed by atoms with E-state index in [4.69, 9.17) is 9.84 Å². The summed E-state index contributed by atoms with van der Waals surface area (Å²) in [6.45, 7) is 3.72. The number of aliphatic hydroxyl groups is 1. The van der Waals surface area contributed by atoms with Crippen molar-refractivity contribution < 1.29 is 9.84 Å². The molecule has 0 amide bonds. The van der Waals surface area contributed by atoms with Gasteiger partial charge in [0.05, 0.1) is 25.9 Å². The first-order valence-corrected chi connectivity index (χ1v) is 3.81. The SMILES string of the molecule is CCC1COCC(CO)N1. The summed E-state index contributed by atoms with van der Waals surface area (Å²) >= 11 is 0. The lowest BCUT2D eigenvalue weighted by molar-refractivity contribution is 0.0261. The van der Waals surface area contributed by atoms with Gasteiger partial charge in [-0.05, 0) is 6.42 Å².